The van der Waals surface area contributed by atoms with Crippen molar-refractivity contribution in [2.45, 2.75) is 84.1 Å². The summed E-state index contributed by atoms with van der Waals surface area (Å²) in [6.07, 6.45) is 4.20. The molecule has 0 amide bonds. The van der Waals surface area contributed by atoms with Crippen molar-refractivity contribution >= 4 is 46.4 Å². The molecule has 2 aromatic heterocycles. The molecule has 0 unspecified atom stereocenters. The lowest BCUT2D eigenvalue weighted by molar-refractivity contribution is -0.146. The Morgan fingerprint density at radius 1 is 1.14 bits per heavy atom. The first kappa shape index (κ1) is 33.4. The summed E-state index contributed by atoms with van der Waals surface area (Å²) < 4.78 is 17.4. The van der Waals surface area contributed by atoms with Crippen LogP contribution in [0.15, 0.2) is 33.9 Å². The zero-order valence-electron chi connectivity index (χ0n) is 24.4. The largest absolute Gasteiger partial charge is 0.496 e. The van der Waals surface area contributed by atoms with Gasteiger partial charge in [0.1, 0.15) is 21.0 Å². The van der Waals surface area contributed by atoms with E-state index in [1.54, 1.807) is 27.0 Å². The van der Waals surface area contributed by atoms with Gasteiger partial charge in [-0.25, -0.2) is 19.0 Å². The fourth-order valence-electron chi connectivity index (χ4n) is 4.82. The summed E-state index contributed by atoms with van der Waals surface area (Å²) in [6.45, 7) is 6.16. The van der Waals surface area contributed by atoms with Crippen molar-refractivity contribution in [1.82, 2.24) is 9.13 Å². The molecule has 0 atom stereocenters. The van der Waals surface area contributed by atoms with E-state index >= 15 is 0 Å². The number of aryl methyl sites for hydroxylation is 3. The fraction of sp³-hybridized carbons (Fsp3) is 0.517. The Kier molecular flexibility index (Phi) is 11.4. The molecule has 0 aliphatic heterocycles. The maximum atomic E-state index is 13.5. The summed E-state index contributed by atoms with van der Waals surface area (Å²) in [7, 11) is 1.55. The number of methoxy groups -OCH3 is 1. The van der Waals surface area contributed by atoms with Gasteiger partial charge in [0.15, 0.2) is 0 Å². The Labute approximate surface area is 253 Å². The van der Waals surface area contributed by atoms with Crippen LogP contribution in [0.4, 0.5) is 0 Å². The molecule has 0 bridgehead atoms. The standard InChI is InChI=1S/C23H26N2O7S.C6H12O2S/c1-6-32-20(27)17-13(2)16-18(26)25(23(3,4)21(28)29)22(30)24(19(16)33-17)12-11-14-9-7-8-10-15(14)31-5;7-5-1-3-6(8-9)4-2-5/h7-10H,6,11-12H2,1-5H3,(H,28,29);5-7,9H,1-4H2. The third-order valence-corrected chi connectivity index (χ3v) is 8.94. The maximum Gasteiger partial charge on any atom is 0.348 e. The fourth-order valence-corrected chi connectivity index (χ4v) is 6.24. The minimum Gasteiger partial charge on any atom is -0.496 e. The molecule has 0 spiro atoms. The molecule has 3 aromatic rings. The van der Waals surface area contributed by atoms with Crippen LogP contribution in [0.5, 0.6) is 5.75 Å². The van der Waals surface area contributed by atoms with E-state index in [9.17, 15) is 24.3 Å². The van der Waals surface area contributed by atoms with Gasteiger partial charge in [0, 0.05) is 6.54 Å². The summed E-state index contributed by atoms with van der Waals surface area (Å²) in [5.41, 5.74) is -2.10. The van der Waals surface area contributed by atoms with E-state index in [-0.39, 0.29) is 35.6 Å². The number of hydrogen-bond donors (Lipinski definition) is 3. The van der Waals surface area contributed by atoms with Gasteiger partial charge in [-0.05, 0) is 89.9 Å². The summed E-state index contributed by atoms with van der Waals surface area (Å²) in [6, 6.07) is 7.34. The monoisotopic (exact) mass is 622 g/mol. The molecular weight excluding hydrogens is 584 g/mol. The highest BCUT2D eigenvalue weighted by Crippen LogP contribution is 2.30. The number of aliphatic carboxylic acids is 1. The third-order valence-electron chi connectivity index (χ3n) is 7.35. The number of ether oxygens (including phenoxy) is 2. The number of aromatic nitrogens is 2. The molecule has 1 saturated carbocycles. The minimum absolute atomic E-state index is 0.0928. The minimum atomic E-state index is -1.80. The molecule has 1 aliphatic carbocycles. The first-order valence-electron chi connectivity index (χ1n) is 13.7. The average molecular weight is 623 g/mol. The van der Waals surface area contributed by atoms with Crippen LogP contribution < -0.4 is 16.0 Å². The average Bonchev–Trinajstić information content (AvgIpc) is 3.31. The van der Waals surface area contributed by atoms with Gasteiger partial charge in [-0.15, -0.1) is 11.3 Å². The van der Waals surface area contributed by atoms with Crippen molar-refractivity contribution in [3.8, 4) is 5.75 Å². The van der Waals surface area contributed by atoms with Crippen molar-refractivity contribution in [3.05, 3.63) is 61.1 Å². The predicted octanol–water partition coefficient (Wildman–Crippen LogP) is 3.93. The molecule has 42 heavy (non-hydrogen) atoms. The van der Waals surface area contributed by atoms with E-state index in [2.05, 4.69) is 12.9 Å². The second kappa shape index (κ2) is 14.4. The number of rotatable bonds is 9. The van der Waals surface area contributed by atoms with Gasteiger partial charge in [0.2, 0.25) is 0 Å². The quantitative estimate of drug-likeness (QED) is 0.184. The number of carbonyl (C=O) groups is 2. The summed E-state index contributed by atoms with van der Waals surface area (Å²) in [4.78, 5) is 51.7. The lowest BCUT2D eigenvalue weighted by atomic mass is 9.95. The number of carboxylic acid groups (broad SMARTS) is 1. The zero-order valence-corrected chi connectivity index (χ0v) is 26.1. The van der Waals surface area contributed by atoms with Crippen molar-refractivity contribution < 1.29 is 33.5 Å². The molecule has 0 radical (unpaired) electrons. The van der Waals surface area contributed by atoms with Crippen LogP contribution in [0.2, 0.25) is 0 Å². The number of hydrogen-bond acceptors (Lipinski definition) is 10. The van der Waals surface area contributed by atoms with Crippen LogP contribution in [-0.2, 0) is 32.2 Å². The first-order valence-corrected chi connectivity index (χ1v) is 14.9. The number of para-hydroxylation sites is 1. The molecule has 4 rings (SSSR count). The number of benzene rings is 1. The highest BCUT2D eigenvalue weighted by Gasteiger charge is 2.35. The SMILES string of the molecule is CCOC(=O)c1sc2c(c1C)c(=O)n(C(C)(C)C(=O)O)c(=O)n2CCc1ccccc1OC.OC1CCC(OS)CC1. The summed E-state index contributed by atoms with van der Waals surface area (Å²) in [5.74, 6) is -1.27. The predicted molar refractivity (Wildman–Crippen MR) is 163 cm³/mol. The zero-order chi connectivity index (χ0) is 31.2. The number of thiophene rings is 1. The summed E-state index contributed by atoms with van der Waals surface area (Å²) >= 11 is 4.71. The highest BCUT2D eigenvalue weighted by atomic mass is 32.1. The van der Waals surface area contributed by atoms with Crippen LogP contribution >= 0.6 is 24.2 Å². The van der Waals surface area contributed by atoms with Gasteiger partial charge in [0.25, 0.3) is 5.56 Å². The lowest BCUT2D eigenvalue weighted by Crippen LogP contribution is -2.52. The molecule has 13 heteroatoms. The molecule has 0 saturated heterocycles. The van der Waals surface area contributed by atoms with Gasteiger partial charge in [-0.2, -0.15) is 0 Å². The number of esters is 1. The van der Waals surface area contributed by atoms with Crippen LogP contribution in [0.3, 0.4) is 0 Å². The smallest absolute Gasteiger partial charge is 0.348 e. The Morgan fingerprint density at radius 3 is 2.36 bits per heavy atom. The number of thiol groups is 1. The van der Waals surface area contributed by atoms with Gasteiger partial charge in [-0.1, -0.05) is 18.2 Å². The van der Waals surface area contributed by atoms with E-state index < -0.39 is 28.7 Å². The Bertz CT molecular complexity index is 1530. The number of carbonyl (C=O) groups excluding carboxylic acids is 1. The molecule has 230 valence electrons. The molecule has 1 fully saturated rings. The molecule has 1 aromatic carbocycles. The number of carboxylic acids is 1. The highest BCUT2D eigenvalue weighted by molar-refractivity contribution is 7.75. The summed E-state index contributed by atoms with van der Waals surface area (Å²) in [5, 5.41) is 18.9. The van der Waals surface area contributed by atoms with E-state index in [1.165, 1.54) is 18.4 Å². The molecule has 1 aliphatic rings. The number of fused-ring (bicyclic) bond motifs is 1. The topological polar surface area (TPSA) is 146 Å². The van der Waals surface area contributed by atoms with Crippen LogP contribution in [0.1, 0.15) is 67.3 Å². The Morgan fingerprint density at radius 2 is 1.79 bits per heavy atom. The van der Waals surface area contributed by atoms with Crippen LogP contribution in [0.25, 0.3) is 10.2 Å². The number of aliphatic hydroxyl groups is 1. The normalized spacial score (nSPS) is 16.9. The van der Waals surface area contributed by atoms with E-state index in [0.717, 1.165) is 47.2 Å². The molecule has 2 N–H and O–H groups in total. The Balaban J connectivity index is 0.000000458. The van der Waals surface area contributed by atoms with Gasteiger partial charge in [-0.3, -0.25) is 9.36 Å². The maximum absolute atomic E-state index is 13.5. The van der Waals surface area contributed by atoms with Gasteiger partial charge >= 0.3 is 17.6 Å². The van der Waals surface area contributed by atoms with Gasteiger partial charge < -0.3 is 23.9 Å². The van der Waals surface area contributed by atoms with Crippen molar-refractivity contribution in [2.24, 2.45) is 0 Å². The van der Waals surface area contributed by atoms with Crippen molar-refractivity contribution in [2.75, 3.05) is 13.7 Å². The van der Waals surface area contributed by atoms with Crippen molar-refractivity contribution in [3.63, 3.8) is 0 Å². The first-order chi connectivity index (χ1) is 19.9. The molecule has 2 heterocycles. The van der Waals surface area contributed by atoms with Crippen molar-refractivity contribution in [1.29, 1.82) is 0 Å². The third kappa shape index (κ3) is 7.08. The van der Waals surface area contributed by atoms with Crippen LogP contribution in [-0.4, -0.2) is 57.2 Å². The lowest BCUT2D eigenvalue weighted by Gasteiger charge is -2.23. The van der Waals surface area contributed by atoms with E-state index in [0.29, 0.717) is 22.6 Å². The van der Waals surface area contributed by atoms with E-state index in [1.807, 2.05) is 18.2 Å². The molecule has 11 nitrogen and oxygen atoms in total. The number of nitrogens with zero attached hydrogens (tertiary/aromatic N) is 2. The Hall–Kier alpha value is -3.13. The van der Waals surface area contributed by atoms with Crippen LogP contribution in [0, 0.1) is 6.92 Å². The molecular formula is C29H38N2O9S2. The van der Waals surface area contributed by atoms with Gasteiger partial charge in [0.05, 0.1) is 31.3 Å². The number of aliphatic hydroxyl groups excluding tert-OH is 1. The van der Waals surface area contributed by atoms with E-state index in [4.69, 9.17) is 18.8 Å². The second-order valence-electron chi connectivity index (χ2n) is 10.5. The second-order valence-corrected chi connectivity index (χ2v) is 11.7.